The molecular weight excluding hydrogens is 354 g/mol. The van der Waals surface area contributed by atoms with Gasteiger partial charge in [0.2, 0.25) is 0 Å². The Balaban J connectivity index is 1.59. The van der Waals surface area contributed by atoms with E-state index >= 15 is 0 Å². The van der Waals surface area contributed by atoms with E-state index in [1.807, 2.05) is 57.0 Å². The third-order valence-corrected chi connectivity index (χ3v) is 5.19. The number of fused-ring (bicyclic) bond motifs is 1. The molecule has 0 radical (unpaired) electrons. The van der Waals surface area contributed by atoms with Crippen molar-refractivity contribution in [1.82, 2.24) is 14.7 Å². The van der Waals surface area contributed by atoms with Gasteiger partial charge in [-0.25, -0.2) is 9.48 Å². The van der Waals surface area contributed by atoms with Gasteiger partial charge in [-0.2, -0.15) is 5.10 Å². The van der Waals surface area contributed by atoms with Gasteiger partial charge in [0, 0.05) is 25.5 Å². The Kier molecular flexibility index (Phi) is 5.96. The Morgan fingerprint density at radius 3 is 2.43 bits per heavy atom. The average Bonchev–Trinajstić information content (AvgIpc) is 3.32. The first kappa shape index (κ1) is 20.2. The lowest BCUT2D eigenvalue weighted by Gasteiger charge is -2.25. The van der Waals surface area contributed by atoms with Crippen LogP contribution in [0.4, 0.5) is 4.79 Å². The number of rotatable bonds is 5. The van der Waals surface area contributed by atoms with Gasteiger partial charge in [0.15, 0.2) is 0 Å². The maximum atomic E-state index is 12.3. The standard InChI is InChI=1S/C22H31N3O3/c1-6-9-19(25-11-8-10-23-25)20(7-2)27-18-12-16-14-24(15-17(16)13-18)21(26)28-22(3,4)5/h6-11,16-18H,1,12-15H2,2-5H3/b19-9+,20-7+/t16-,17+,18+. The molecule has 0 unspecified atom stereocenters. The highest BCUT2D eigenvalue weighted by Gasteiger charge is 2.44. The number of allylic oxidation sites excluding steroid dienone is 4. The van der Waals surface area contributed by atoms with E-state index in [9.17, 15) is 4.79 Å². The maximum absolute atomic E-state index is 12.3. The summed E-state index contributed by atoms with van der Waals surface area (Å²) in [5, 5.41) is 4.32. The molecule has 2 aliphatic rings. The largest absolute Gasteiger partial charge is 0.488 e. The van der Waals surface area contributed by atoms with Crippen LogP contribution in [0.5, 0.6) is 0 Å². The predicted molar refractivity (Wildman–Crippen MR) is 109 cm³/mol. The number of amides is 1. The second-order valence-electron chi connectivity index (χ2n) is 8.51. The van der Waals surface area contributed by atoms with E-state index in [1.54, 1.807) is 17.0 Å². The zero-order valence-corrected chi connectivity index (χ0v) is 17.3. The molecule has 1 aliphatic heterocycles. The summed E-state index contributed by atoms with van der Waals surface area (Å²) in [5.41, 5.74) is 0.414. The molecule has 1 aliphatic carbocycles. The Morgan fingerprint density at radius 1 is 1.25 bits per heavy atom. The number of ether oxygens (including phenoxy) is 2. The van der Waals surface area contributed by atoms with Gasteiger partial charge in [0.25, 0.3) is 0 Å². The lowest BCUT2D eigenvalue weighted by Crippen LogP contribution is -2.36. The molecule has 0 spiro atoms. The highest BCUT2D eigenvalue weighted by atomic mass is 16.6. The molecule has 6 nitrogen and oxygen atoms in total. The van der Waals surface area contributed by atoms with Gasteiger partial charge in [-0.1, -0.05) is 12.7 Å². The van der Waals surface area contributed by atoms with Crippen LogP contribution in [0.2, 0.25) is 0 Å². The Bertz CT molecular complexity index is 744. The molecule has 6 heteroatoms. The van der Waals surface area contributed by atoms with Gasteiger partial charge >= 0.3 is 6.09 Å². The average molecular weight is 386 g/mol. The summed E-state index contributed by atoms with van der Waals surface area (Å²) in [6.07, 6.45) is 11.1. The molecule has 0 bridgehead atoms. The zero-order valence-electron chi connectivity index (χ0n) is 17.3. The second kappa shape index (κ2) is 8.25. The fraction of sp³-hybridized carbons (Fsp3) is 0.545. The summed E-state index contributed by atoms with van der Waals surface area (Å²) in [6, 6.07) is 1.88. The van der Waals surface area contributed by atoms with Crippen molar-refractivity contribution < 1.29 is 14.3 Å². The fourth-order valence-corrected chi connectivity index (χ4v) is 4.07. The van der Waals surface area contributed by atoms with Crippen molar-refractivity contribution in [2.75, 3.05) is 13.1 Å². The monoisotopic (exact) mass is 385 g/mol. The minimum atomic E-state index is -0.457. The number of carbonyl (C=O) groups is 1. The first-order valence-corrected chi connectivity index (χ1v) is 9.94. The van der Waals surface area contributed by atoms with Gasteiger partial charge in [0.1, 0.15) is 17.1 Å². The van der Waals surface area contributed by atoms with Gasteiger partial charge in [-0.05, 0) is 70.6 Å². The summed E-state index contributed by atoms with van der Waals surface area (Å²) < 4.78 is 13.7. The van der Waals surface area contributed by atoms with Crippen LogP contribution < -0.4 is 0 Å². The Morgan fingerprint density at radius 2 is 1.93 bits per heavy atom. The molecule has 1 amide bonds. The van der Waals surface area contributed by atoms with Crippen molar-refractivity contribution in [1.29, 1.82) is 0 Å². The van der Waals surface area contributed by atoms with Crippen molar-refractivity contribution in [3.63, 3.8) is 0 Å². The van der Waals surface area contributed by atoms with E-state index in [2.05, 4.69) is 11.7 Å². The minimum Gasteiger partial charge on any atom is -0.488 e. The molecule has 2 heterocycles. The molecule has 152 valence electrons. The van der Waals surface area contributed by atoms with E-state index in [-0.39, 0.29) is 12.2 Å². The Hall–Kier alpha value is -2.50. The van der Waals surface area contributed by atoms with Crippen LogP contribution in [0, 0.1) is 11.8 Å². The van der Waals surface area contributed by atoms with E-state index in [0.717, 1.165) is 37.4 Å². The van der Waals surface area contributed by atoms with Crippen LogP contribution in [-0.4, -0.2) is 45.6 Å². The van der Waals surface area contributed by atoms with Crippen molar-refractivity contribution >= 4 is 11.8 Å². The molecule has 0 N–H and O–H groups in total. The molecule has 3 atom stereocenters. The number of likely N-dealkylation sites (tertiary alicyclic amines) is 1. The first-order valence-electron chi connectivity index (χ1n) is 9.94. The SMILES string of the molecule is C=C/C=C(\C(=C/C)O[C@H]1C[C@@H]2CN(C(=O)OC(C)(C)C)C[C@@H]2C1)n1cccn1. The highest BCUT2D eigenvalue weighted by molar-refractivity contribution is 5.68. The minimum absolute atomic E-state index is 0.144. The third kappa shape index (κ3) is 4.66. The third-order valence-electron chi connectivity index (χ3n) is 5.19. The molecule has 28 heavy (non-hydrogen) atoms. The molecule has 1 saturated carbocycles. The number of hydrogen-bond donors (Lipinski definition) is 0. The number of hydrogen-bond acceptors (Lipinski definition) is 4. The van der Waals surface area contributed by atoms with Gasteiger partial charge in [0.05, 0.1) is 6.10 Å². The lowest BCUT2D eigenvalue weighted by atomic mass is 10.0. The molecule has 0 aromatic carbocycles. The zero-order chi connectivity index (χ0) is 20.3. The summed E-state index contributed by atoms with van der Waals surface area (Å²) in [7, 11) is 0. The molecule has 3 rings (SSSR count). The predicted octanol–water partition coefficient (Wildman–Crippen LogP) is 4.48. The van der Waals surface area contributed by atoms with E-state index in [1.165, 1.54) is 0 Å². The first-order chi connectivity index (χ1) is 13.3. The highest BCUT2D eigenvalue weighted by Crippen LogP contribution is 2.41. The summed E-state index contributed by atoms with van der Waals surface area (Å²) in [4.78, 5) is 14.2. The van der Waals surface area contributed by atoms with Crippen LogP contribution in [0.1, 0.15) is 40.5 Å². The van der Waals surface area contributed by atoms with Crippen molar-refractivity contribution in [2.24, 2.45) is 11.8 Å². The van der Waals surface area contributed by atoms with Crippen LogP contribution >= 0.6 is 0 Å². The van der Waals surface area contributed by atoms with Crippen molar-refractivity contribution in [3.8, 4) is 0 Å². The Labute approximate surface area is 167 Å². The summed E-state index contributed by atoms with van der Waals surface area (Å²) >= 11 is 0. The number of nitrogens with zero attached hydrogens (tertiary/aromatic N) is 3. The second-order valence-corrected chi connectivity index (χ2v) is 8.51. The van der Waals surface area contributed by atoms with E-state index in [4.69, 9.17) is 9.47 Å². The lowest BCUT2D eigenvalue weighted by molar-refractivity contribution is 0.0265. The molecule has 1 aromatic rings. The van der Waals surface area contributed by atoms with E-state index in [0.29, 0.717) is 11.8 Å². The van der Waals surface area contributed by atoms with Gasteiger partial charge in [-0.15, -0.1) is 0 Å². The maximum Gasteiger partial charge on any atom is 0.410 e. The number of carbonyl (C=O) groups excluding carboxylic acids is 1. The molecule has 2 fully saturated rings. The van der Waals surface area contributed by atoms with Crippen LogP contribution in [0.3, 0.4) is 0 Å². The quantitative estimate of drug-likeness (QED) is 0.554. The van der Waals surface area contributed by atoms with Crippen molar-refractivity contribution in [3.05, 3.63) is 49.0 Å². The van der Waals surface area contributed by atoms with Gasteiger partial charge < -0.3 is 14.4 Å². The summed E-state index contributed by atoms with van der Waals surface area (Å²) in [6.45, 7) is 13.0. The summed E-state index contributed by atoms with van der Waals surface area (Å²) in [5.74, 6) is 1.73. The molecule has 1 aromatic heterocycles. The molecule has 1 saturated heterocycles. The smallest absolute Gasteiger partial charge is 0.410 e. The normalized spacial score (nSPS) is 25.6. The van der Waals surface area contributed by atoms with Crippen molar-refractivity contribution in [2.45, 2.75) is 52.2 Å². The number of aromatic nitrogens is 2. The van der Waals surface area contributed by atoms with Crippen LogP contribution in [-0.2, 0) is 9.47 Å². The van der Waals surface area contributed by atoms with E-state index < -0.39 is 5.60 Å². The van der Waals surface area contributed by atoms with Gasteiger partial charge in [-0.3, -0.25) is 0 Å². The fourth-order valence-electron chi connectivity index (χ4n) is 4.07. The topological polar surface area (TPSA) is 56.6 Å². The molecular formula is C22H31N3O3. The van der Waals surface area contributed by atoms with Crippen LogP contribution in [0.15, 0.2) is 49.0 Å². The van der Waals surface area contributed by atoms with Crippen LogP contribution in [0.25, 0.3) is 5.70 Å².